The van der Waals surface area contributed by atoms with Gasteiger partial charge in [0, 0.05) is 19.0 Å². The van der Waals surface area contributed by atoms with E-state index in [1.165, 1.54) is 29.2 Å². The Hall–Kier alpha value is -3.82. The summed E-state index contributed by atoms with van der Waals surface area (Å²) in [6.07, 6.45) is 2.87. The Morgan fingerprint density at radius 2 is 2.00 bits per heavy atom. The molecule has 1 aliphatic rings. The third-order valence-corrected chi connectivity index (χ3v) is 5.46. The Bertz CT molecular complexity index is 1210. The highest BCUT2D eigenvalue weighted by Gasteiger charge is 2.28. The summed E-state index contributed by atoms with van der Waals surface area (Å²) in [6.45, 7) is 1.06. The zero-order chi connectivity index (χ0) is 20.7. The van der Waals surface area contributed by atoms with Crippen LogP contribution in [-0.4, -0.2) is 59.2 Å². The fourth-order valence-corrected chi connectivity index (χ4v) is 3.84. The van der Waals surface area contributed by atoms with Crippen molar-refractivity contribution in [3.8, 4) is 11.4 Å². The number of aromatic amines is 1. The van der Waals surface area contributed by atoms with E-state index in [0.717, 1.165) is 24.2 Å². The number of imidazole rings is 1. The van der Waals surface area contributed by atoms with Gasteiger partial charge < -0.3 is 15.0 Å². The molecule has 0 aliphatic carbocycles. The summed E-state index contributed by atoms with van der Waals surface area (Å²) in [6, 6.07) is 9.16. The SMILES string of the molecule is O=C(c1cc(-n2cnnn2)ccc1O)N1CCC(c2nc3ccc(F)cc3[nH]2)CC1. The molecule has 0 saturated carbocycles. The summed E-state index contributed by atoms with van der Waals surface area (Å²) in [4.78, 5) is 22.5. The van der Waals surface area contributed by atoms with Gasteiger partial charge in [0.05, 0.1) is 22.3 Å². The minimum absolute atomic E-state index is 0.0849. The third-order valence-electron chi connectivity index (χ3n) is 5.46. The van der Waals surface area contributed by atoms with Gasteiger partial charge in [-0.1, -0.05) is 0 Å². The van der Waals surface area contributed by atoms with Gasteiger partial charge in [0.15, 0.2) is 0 Å². The van der Waals surface area contributed by atoms with E-state index in [-0.39, 0.29) is 29.0 Å². The molecule has 152 valence electrons. The number of phenols is 1. The van der Waals surface area contributed by atoms with Crippen molar-refractivity contribution < 1.29 is 14.3 Å². The number of nitrogens with one attached hydrogen (secondary N) is 1. The predicted octanol–water partition coefficient (Wildman–Crippen LogP) is 2.40. The standard InChI is InChI=1S/C20H18FN7O2/c21-13-1-3-16-17(9-13)24-19(23-16)12-5-7-27(8-6-12)20(30)15-10-14(2-4-18(15)29)28-11-22-25-26-28/h1-4,9-12,29H,5-8H2,(H,23,24). The molecule has 1 fully saturated rings. The first kappa shape index (κ1) is 18.2. The highest BCUT2D eigenvalue weighted by molar-refractivity contribution is 5.97. The molecule has 2 aromatic heterocycles. The number of carbonyl (C=O) groups excluding carboxylic acids is 1. The summed E-state index contributed by atoms with van der Waals surface area (Å²) in [5.74, 6) is 0.338. The highest BCUT2D eigenvalue weighted by Crippen LogP contribution is 2.30. The van der Waals surface area contributed by atoms with E-state index < -0.39 is 0 Å². The van der Waals surface area contributed by atoms with E-state index in [4.69, 9.17) is 0 Å². The van der Waals surface area contributed by atoms with Gasteiger partial charge >= 0.3 is 0 Å². The quantitative estimate of drug-likeness (QED) is 0.539. The third kappa shape index (κ3) is 3.25. The molecule has 0 radical (unpaired) electrons. The molecular formula is C20H18FN7O2. The first-order valence-corrected chi connectivity index (χ1v) is 9.59. The Morgan fingerprint density at radius 3 is 2.77 bits per heavy atom. The molecule has 1 saturated heterocycles. The van der Waals surface area contributed by atoms with Crippen molar-refractivity contribution in [3.05, 3.63) is 59.9 Å². The van der Waals surface area contributed by atoms with Crippen molar-refractivity contribution in [2.75, 3.05) is 13.1 Å². The smallest absolute Gasteiger partial charge is 0.257 e. The van der Waals surface area contributed by atoms with Crippen molar-refractivity contribution in [2.45, 2.75) is 18.8 Å². The number of aromatic nitrogens is 6. The number of halogens is 1. The summed E-state index contributed by atoms with van der Waals surface area (Å²) in [7, 11) is 0. The summed E-state index contributed by atoms with van der Waals surface area (Å²) < 4.78 is 14.8. The topological polar surface area (TPSA) is 113 Å². The van der Waals surface area contributed by atoms with E-state index in [2.05, 4.69) is 25.5 Å². The van der Waals surface area contributed by atoms with Crippen LogP contribution in [0.5, 0.6) is 5.75 Å². The van der Waals surface area contributed by atoms with E-state index in [1.807, 2.05) is 0 Å². The molecule has 2 aromatic carbocycles. The Morgan fingerprint density at radius 1 is 1.17 bits per heavy atom. The van der Waals surface area contributed by atoms with Gasteiger partial charge in [0.2, 0.25) is 0 Å². The largest absolute Gasteiger partial charge is 0.507 e. The van der Waals surface area contributed by atoms with Crippen LogP contribution in [0.15, 0.2) is 42.7 Å². The summed E-state index contributed by atoms with van der Waals surface area (Å²) in [5.41, 5.74) is 2.20. The first-order valence-electron chi connectivity index (χ1n) is 9.59. The monoisotopic (exact) mass is 407 g/mol. The number of tetrazole rings is 1. The molecule has 1 amide bonds. The zero-order valence-corrected chi connectivity index (χ0v) is 15.9. The number of H-pyrrole nitrogens is 1. The highest BCUT2D eigenvalue weighted by atomic mass is 19.1. The molecule has 3 heterocycles. The maximum Gasteiger partial charge on any atom is 0.257 e. The van der Waals surface area contributed by atoms with Crippen LogP contribution in [0.2, 0.25) is 0 Å². The van der Waals surface area contributed by atoms with Crippen LogP contribution in [-0.2, 0) is 0 Å². The lowest BCUT2D eigenvalue weighted by atomic mass is 9.95. The number of nitrogens with zero attached hydrogens (tertiary/aromatic N) is 6. The minimum Gasteiger partial charge on any atom is -0.507 e. The van der Waals surface area contributed by atoms with Crippen LogP contribution in [0.25, 0.3) is 16.7 Å². The lowest BCUT2D eigenvalue weighted by Gasteiger charge is -2.31. The Labute approximate surface area is 170 Å². The summed E-state index contributed by atoms with van der Waals surface area (Å²) in [5, 5.41) is 21.2. The molecule has 0 bridgehead atoms. The fourth-order valence-electron chi connectivity index (χ4n) is 3.84. The lowest BCUT2D eigenvalue weighted by Crippen LogP contribution is -2.38. The summed E-state index contributed by atoms with van der Waals surface area (Å²) >= 11 is 0. The maximum absolute atomic E-state index is 13.4. The number of rotatable bonds is 3. The number of likely N-dealkylation sites (tertiary alicyclic amines) is 1. The van der Waals surface area contributed by atoms with Crippen LogP contribution < -0.4 is 0 Å². The predicted molar refractivity (Wildman–Crippen MR) is 105 cm³/mol. The lowest BCUT2D eigenvalue weighted by molar-refractivity contribution is 0.0708. The molecule has 10 heteroatoms. The average molecular weight is 407 g/mol. The maximum atomic E-state index is 13.4. The number of carbonyl (C=O) groups is 1. The zero-order valence-electron chi connectivity index (χ0n) is 15.9. The number of hydrogen-bond acceptors (Lipinski definition) is 6. The molecule has 5 rings (SSSR count). The molecule has 0 spiro atoms. The van der Waals surface area contributed by atoms with Crippen molar-refractivity contribution in [1.82, 2.24) is 35.1 Å². The molecule has 4 aromatic rings. The van der Waals surface area contributed by atoms with E-state index >= 15 is 0 Å². The second-order valence-corrected chi connectivity index (χ2v) is 7.31. The van der Waals surface area contributed by atoms with Gasteiger partial charge in [0.25, 0.3) is 5.91 Å². The molecule has 2 N–H and O–H groups in total. The number of hydrogen-bond donors (Lipinski definition) is 2. The van der Waals surface area contributed by atoms with Crippen molar-refractivity contribution >= 4 is 16.9 Å². The molecule has 9 nitrogen and oxygen atoms in total. The van der Waals surface area contributed by atoms with Gasteiger partial charge in [0.1, 0.15) is 23.7 Å². The van der Waals surface area contributed by atoms with Crippen molar-refractivity contribution in [2.24, 2.45) is 0 Å². The van der Waals surface area contributed by atoms with Crippen LogP contribution in [0.4, 0.5) is 4.39 Å². The van der Waals surface area contributed by atoms with Gasteiger partial charge in [-0.05, 0) is 59.7 Å². The Balaban J connectivity index is 1.31. The van der Waals surface area contributed by atoms with E-state index in [9.17, 15) is 14.3 Å². The van der Waals surface area contributed by atoms with E-state index in [0.29, 0.717) is 24.3 Å². The van der Waals surface area contributed by atoms with Gasteiger partial charge in [-0.25, -0.2) is 14.1 Å². The number of piperidine rings is 1. The molecular weight excluding hydrogens is 389 g/mol. The second-order valence-electron chi connectivity index (χ2n) is 7.31. The number of benzene rings is 2. The Kier molecular flexibility index (Phi) is 4.38. The molecule has 0 atom stereocenters. The van der Waals surface area contributed by atoms with Gasteiger partial charge in [-0.15, -0.1) is 5.10 Å². The van der Waals surface area contributed by atoms with Crippen molar-refractivity contribution in [3.63, 3.8) is 0 Å². The van der Waals surface area contributed by atoms with Crippen molar-refractivity contribution in [1.29, 1.82) is 0 Å². The fraction of sp³-hybridized carbons (Fsp3) is 0.250. The number of fused-ring (bicyclic) bond motifs is 1. The van der Waals surface area contributed by atoms with E-state index in [1.54, 1.807) is 23.1 Å². The number of phenolic OH excluding ortho intramolecular Hbond substituents is 1. The molecule has 1 aliphatic heterocycles. The van der Waals surface area contributed by atoms with Gasteiger partial charge in [-0.2, -0.15) is 0 Å². The number of amides is 1. The average Bonchev–Trinajstić information content (AvgIpc) is 3.43. The molecule has 0 unspecified atom stereocenters. The van der Waals surface area contributed by atoms with Crippen LogP contribution in [0, 0.1) is 5.82 Å². The second kappa shape index (κ2) is 7.21. The normalized spacial score (nSPS) is 15.0. The number of aromatic hydroxyl groups is 1. The van der Waals surface area contributed by atoms with Gasteiger partial charge in [-0.3, -0.25) is 4.79 Å². The molecule has 30 heavy (non-hydrogen) atoms. The van der Waals surface area contributed by atoms with Crippen LogP contribution in [0.1, 0.15) is 34.9 Å². The van der Waals surface area contributed by atoms with Crippen LogP contribution in [0.3, 0.4) is 0 Å². The first-order chi connectivity index (χ1) is 14.6. The van der Waals surface area contributed by atoms with Crippen LogP contribution >= 0.6 is 0 Å². The minimum atomic E-state index is -0.304.